The van der Waals surface area contributed by atoms with E-state index < -0.39 is 18.1 Å². The summed E-state index contributed by atoms with van der Waals surface area (Å²) >= 11 is 1.36. The maximum absolute atomic E-state index is 14.1. The lowest BCUT2D eigenvalue weighted by atomic mass is 10.1. The molecule has 1 aromatic heterocycles. The molecular formula is C22H18FNO4S. The number of carbonyl (C=O) groups is 1. The Bertz CT molecular complexity index is 1030. The number of rotatable bonds is 5. The van der Waals surface area contributed by atoms with Crippen LogP contribution in [0.25, 0.3) is 0 Å². The van der Waals surface area contributed by atoms with Gasteiger partial charge in [0.1, 0.15) is 23.2 Å². The van der Waals surface area contributed by atoms with Gasteiger partial charge in [0.25, 0.3) is 0 Å². The Hall–Kier alpha value is -2.90. The topological polar surface area (TPSA) is 57.7 Å². The van der Waals surface area contributed by atoms with Crippen LogP contribution in [0.4, 0.5) is 4.39 Å². The number of esters is 1. The highest BCUT2D eigenvalue weighted by Gasteiger charge is 2.26. The van der Waals surface area contributed by atoms with Crippen LogP contribution >= 0.6 is 11.8 Å². The molecule has 2 heterocycles. The molecule has 1 atom stereocenters. The number of nitrogens with zero attached hydrogens (tertiary/aromatic N) is 1. The van der Waals surface area contributed by atoms with Gasteiger partial charge in [-0.3, -0.25) is 0 Å². The van der Waals surface area contributed by atoms with Crippen molar-refractivity contribution < 1.29 is 23.4 Å². The largest absolute Gasteiger partial charge is 0.460 e. The molecule has 7 heteroatoms. The average Bonchev–Trinajstić information content (AvgIpc) is 2.77. The lowest BCUT2D eigenvalue weighted by Crippen LogP contribution is -2.20. The third kappa shape index (κ3) is 4.26. The number of aromatic nitrogens is 1. The van der Waals surface area contributed by atoms with Gasteiger partial charge < -0.3 is 14.2 Å². The summed E-state index contributed by atoms with van der Waals surface area (Å²) in [4.78, 5) is 16.7. The number of ether oxygens (including phenoxy) is 3. The minimum atomic E-state index is -0.606. The van der Waals surface area contributed by atoms with Gasteiger partial charge in [0.15, 0.2) is 0 Å². The summed E-state index contributed by atoms with van der Waals surface area (Å²) in [5, 5.41) is 0.576. The van der Waals surface area contributed by atoms with Crippen molar-refractivity contribution in [1.29, 1.82) is 0 Å². The van der Waals surface area contributed by atoms with Crippen LogP contribution in [0, 0.1) is 5.82 Å². The quantitative estimate of drug-likeness (QED) is 0.439. The van der Waals surface area contributed by atoms with Gasteiger partial charge in [0.05, 0.1) is 12.2 Å². The Morgan fingerprint density at radius 3 is 2.86 bits per heavy atom. The second kappa shape index (κ2) is 8.63. The number of hydrogen-bond acceptors (Lipinski definition) is 6. The second-order valence-electron chi connectivity index (χ2n) is 6.36. The fourth-order valence-corrected chi connectivity index (χ4v) is 3.63. The lowest BCUT2D eigenvalue weighted by molar-refractivity contribution is -0.112. The van der Waals surface area contributed by atoms with Crippen molar-refractivity contribution in [3.63, 3.8) is 0 Å². The van der Waals surface area contributed by atoms with E-state index in [0.717, 1.165) is 5.56 Å². The van der Waals surface area contributed by atoms with Gasteiger partial charge in [-0.2, -0.15) is 0 Å². The third-order valence-corrected chi connectivity index (χ3v) is 5.15. The van der Waals surface area contributed by atoms with Crippen LogP contribution in [0.1, 0.15) is 33.3 Å². The van der Waals surface area contributed by atoms with Crippen LogP contribution in [0.5, 0.6) is 5.75 Å². The van der Waals surface area contributed by atoms with Crippen molar-refractivity contribution in [2.75, 3.05) is 6.26 Å². The van der Waals surface area contributed by atoms with Gasteiger partial charge in [-0.25, -0.2) is 14.2 Å². The first-order chi connectivity index (χ1) is 14.2. The van der Waals surface area contributed by atoms with Gasteiger partial charge in [-0.1, -0.05) is 30.3 Å². The smallest absolute Gasteiger partial charge is 0.341 e. The normalized spacial score (nSPS) is 15.3. The zero-order valence-corrected chi connectivity index (χ0v) is 16.4. The van der Waals surface area contributed by atoms with Crippen LogP contribution in [0.3, 0.4) is 0 Å². The van der Waals surface area contributed by atoms with Crippen LogP contribution in [0.15, 0.2) is 65.8 Å². The standard InChI is InChI=1S/C22H18FNO4S/c1-29-20-18(8-5-9-24-20)21(25)26-12-15-10-17(23)11-16-13-27-22(28-19(15)16)14-6-3-2-4-7-14/h2-11,22H,12-13H2,1H3/t22-/m0/s1. The summed E-state index contributed by atoms with van der Waals surface area (Å²) in [7, 11) is 0. The molecule has 5 nitrogen and oxygen atoms in total. The molecule has 0 unspecified atom stereocenters. The zero-order valence-electron chi connectivity index (χ0n) is 15.6. The Balaban J connectivity index is 1.56. The van der Waals surface area contributed by atoms with E-state index in [2.05, 4.69) is 4.98 Å². The van der Waals surface area contributed by atoms with Gasteiger partial charge in [0.2, 0.25) is 6.29 Å². The predicted octanol–water partition coefficient (Wildman–Crippen LogP) is 4.91. The van der Waals surface area contributed by atoms with E-state index in [1.54, 1.807) is 18.3 Å². The number of hydrogen-bond donors (Lipinski definition) is 0. The summed E-state index contributed by atoms with van der Waals surface area (Å²) in [6, 6.07) is 15.5. The molecule has 0 amide bonds. The monoisotopic (exact) mass is 411 g/mol. The van der Waals surface area contributed by atoms with E-state index in [0.29, 0.717) is 27.5 Å². The number of thioether (sulfide) groups is 1. The Labute approximate surface area is 171 Å². The zero-order chi connectivity index (χ0) is 20.2. The van der Waals surface area contributed by atoms with Crippen molar-refractivity contribution in [3.05, 3.63) is 88.9 Å². The predicted molar refractivity (Wildman–Crippen MR) is 106 cm³/mol. The molecule has 2 aromatic carbocycles. The SMILES string of the molecule is CSc1ncccc1C(=O)OCc1cc(F)cc2c1O[C@@H](c1ccccc1)OC2. The van der Waals surface area contributed by atoms with Gasteiger partial charge >= 0.3 is 5.97 Å². The molecular weight excluding hydrogens is 393 g/mol. The van der Waals surface area contributed by atoms with Crippen LogP contribution < -0.4 is 4.74 Å². The average molecular weight is 411 g/mol. The molecule has 0 fully saturated rings. The Morgan fingerprint density at radius 2 is 2.07 bits per heavy atom. The summed E-state index contributed by atoms with van der Waals surface area (Å²) in [5.41, 5.74) is 2.25. The second-order valence-corrected chi connectivity index (χ2v) is 7.16. The van der Waals surface area contributed by atoms with Crippen molar-refractivity contribution in [2.45, 2.75) is 24.5 Å². The molecule has 0 N–H and O–H groups in total. The summed E-state index contributed by atoms with van der Waals surface area (Å²) in [6.07, 6.45) is 2.84. The molecule has 0 spiro atoms. The third-order valence-electron chi connectivity index (χ3n) is 4.44. The molecule has 4 rings (SSSR count). The van der Waals surface area contributed by atoms with E-state index in [4.69, 9.17) is 14.2 Å². The first-order valence-corrected chi connectivity index (χ1v) is 10.2. The molecule has 0 bridgehead atoms. The van der Waals surface area contributed by atoms with Gasteiger partial charge in [-0.15, -0.1) is 11.8 Å². The van der Waals surface area contributed by atoms with Crippen molar-refractivity contribution in [3.8, 4) is 5.75 Å². The minimum Gasteiger partial charge on any atom is -0.460 e. The van der Waals surface area contributed by atoms with Gasteiger partial charge in [0, 0.05) is 22.9 Å². The molecule has 0 saturated heterocycles. The van der Waals surface area contributed by atoms with Crippen LogP contribution in [-0.4, -0.2) is 17.2 Å². The van der Waals surface area contributed by atoms with Crippen molar-refractivity contribution >= 4 is 17.7 Å². The van der Waals surface area contributed by atoms with Crippen LogP contribution in [0.2, 0.25) is 0 Å². The number of pyridine rings is 1. The maximum Gasteiger partial charge on any atom is 0.341 e. The summed E-state index contributed by atoms with van der Waals surface area (Å²) < 4.78 is 31.2. The van der Waals surface area contributed by atoms with Crippen LogP contribution in [-0.2, 0) is 22.7 Å². The minimum absolute atomic E-state index is 0.122. The Kier molecular flexibility index (Phi) is 5.78. The molecule has 29 heavy (non-hydrogen) atoms. The molecule has 3 aromatic rings. The van der Waals surface area contributed by atoms with E-state index >= 15 is 0 Å². The molecule has 0 radical (unpaired) electrons. The van der Waals surface area contributed by atoms with Crippen molar-refractivity contribution in [1.82, 2.24) is 4.98 Å². The first-order valence-electron chi connectivity index (χ1n) is 8.96. The highest BCUT2D eigenvalue weighted by molar-refractivity contribution is 7.98. The molecule has 1 aliphatic rings. The Morgan fingerprint density at radius 1 is 1.24 bits per heavy atom. The fourth-order valence-electron chi connectivity index (χ4n) is 3.09. The first kappa shape index (κ1) is 19.4. The number of carbonyl (C=O) groups excluding carboxylic acids is 1. The molecule has 1 aliphatic heterocycles. The molecule has 148 valence electrons. The molecule has 0 saturated carbocycles. The number of halogens is 1. The van der Waals surface area contributed by atoms with E-state index in [1.165, 1.54) is 23.9 Å². The number of benzene rings is 2. The number of fused-ring (bicyclic) bond motifs is 1. The fraction of sp³-hybridized carbons (Fsp3) is 0.182. The molecule has 0 aliphatic carbocycles. The summed E-state index contributed by atoms with van der Waals surface area (Å²) in [6.45, 7) is 0.0793. The van der Waals surface area contributed by atoms with E-state index in [-0.39, 0.29) is 13.2 Å². The van der Waals surface area contributed by atoms with E-state index in [1.807, 2.05) is 36.6 Å². The maximum atomic E-state index is 14.1. The summed E-state index contributed by atoms with van der Waals surface area (Å²) in [5.74, 6) is -0.478. The highest BCUT2D eigenvalue weighted by atomic mass is 32.2. The highest BCUT2D eigenvalue weighted by Crippen LogP contribution is 2.37. The van der Waals surface area contributed by atoms with Crippen molar-refractivity contribution in [2.24, 2.45) is 0 Å². The van der Waals surface area contributed by atoms with E-state index in [9.17, 15) is 9.18 Å². The lowest BCUT2D eigenvalue weighted by Gasteiger charge is -2.28. The van der Waals surface area contributed by atoms with Gasteiger partial charge in [-0.05, 0) is 30.5 Å².